The summed E-state index contributed by atoms with van der Waals surface area (Å²) in [6.45, 7) is 7.60. The number of nitrogens with one attached hydrogen (secondary N) is 1. The molecule has 0 aliphatic carbocycles. The highest BCUT2D eigenvalue weighted by Gasteiger charge is 2.32. The van der Waals surface area contributed by atoms with Crippen molar-refractivity contribution in [3.63, 3.8) is 0 Å². The average molecular weight is 238 g/mol. The van der Waals surface area contributed by atoms with Gasteiger partial charge in [0, 0.05) is 6.54 Å². The first kappa shape index (κ1) is 11.6. The zero-order valence-electron chi connectivity index (χ0n) is 9.99. The van der Waals surface area contributed by atoms with Crippen LogP contribution in [-0.4, -0.2) is 23.5 Å². The summed E-state index contributed by atoms with van der Waals surface area (Å²) in [6, 6.07) is 0. The number of hydrogen-bond donors (Lipinski definition) is 1. The van der Waals surface area contributed by atoms with Crippen LogP contribution in [0, 0.1) is 12.8 Å². The van der Waals surface area contributed by atoms with Crippen molar-refractivity contribution in [2.24, 2.45) is 5.92 Å². The molecule has 2 heterocycles. The monoisotopic (exact) mass is 238 g/mol. The molecular weight excluding hydrogens is 220 g/mol. The van der Waals surface area contributed by atoms with Crippen molar-refractivity contribution in [3.8, 4) is 0 Å². The molecule has 1 saturated heterocycles. The quantitative estimate of drug-likeness (QED) is 0.873. The van der Waals surface area contributed by atoms with Gasteiger partial charge in [0.1, 0.15) is 0 Å². The van der Waals surface area contributed by atoms with Gasteiger partial charge in [0.2, 0.25) is 5.91 Å². The molecule has 0 bridgehead atoms. The average Bonchev–Trinajstić information content (AvgIpc) is 2.76. The van der Waals surface area contributed by atoms with Gasteiger partial charge in [-0.1, -0.05) is 13.8 Å². The van der Waals surface area contributed by atoms with E-state index in [1.807, 2.05) is 4.90 Å². The topological polar surface area (TPSA) is 32.3 Å². The molecule has 4 heteroatoms. The lowest BCUT2D eigenvalue weighted by Crippen LogP contribution is -2.40. The molecule has 88 valence electrons. The number of thiophene rings is 1. The van der Waals surface area contributed by atoms with Crippen LogP contribution in [-0.2, 0) is 11.3 Å². The third-order valence-corrected chi connectivity index (χ3v) is 3.96. The second kappa shape index (κ2) is 4.55. The summed E-state index contributed by atoms with van der Waals surface area (Å²) >= 11 is 1.70. The van der Waals surface area contributed by atoms with Crippen LogP contribution < -0.4 is 5.32 Å². The molecule has 1 amide bonds. The predicted octanol–water partition coefficient (Wildman–Crippen LogP) is 1.97. The Morgan fingerprint density at radius 1 is 1.56 bits per heavy atom. The third-order valence-electron chi connectivity index (χ3n) is 3.05. The SMILES string of the molecule is Cc1cscc1CN1C(=O)CNC1C(C)C. The van der Waals surface area contributed by atoms with Crippen LogP contribution in [0.2, 0.25) is 0 Å². The molecule has 0 spiro atoms. The first-order chi connectivity index (χ1) is 7.59. The summed E-state index contributed by atoms with van der Waals surface area (Å²) in [5.74, 6) is 0.662. The molecule has 3 nitrogen and oxygen atoms in total. The number of rotatable bonds is 3. The van der Waals surface area contributed by atoms with Gasteiger partial charge in [0.25, 0.3) is 0 Å². The summed E-state index contributed by atoms with van der Waals surface area (Å²) in [5, 5.41) is 7.54. The van der Waals surface area contributed by atoms with E-state index in [0.29, 0.717) is 12.5 Å². The van der Waals surface area contributed by atoms with Crippen LogP contribution in [0.15, 0.2) is 10.8 Å². The normalized spacial score (nSPS) is 21.1. The van der Waals surface area contributed by atoms with E-state index in [4.69, 9.17) is 0 Å². The molecule has 1 N–H and O–H groups in total. The van der Waals surface area contributed by atoms with E-state index in [-0.39, 0.29) is 12.1 Å². The first-order valence-corrected chi connectivity index (χ1v) is 6.58. The Bertz CT molecular complexity index is 386. The zero-order chi connectivity index (χ0) is 11.7. The predicted molar refractivity (Wildman–Crippen MR) is 66.2 cm³/mol. The zero-order valence-corrected chi connectivity index (χ0v) is 10.8. The highest BCUT2D eigenvalue weighted by atomic mass is 32.1. The van der Waals surface area contributed by atoms with Crippen LogP contribution in [0.25, 0.3) is 0 Å². The maximum Gasteiger partial charge on any atom is 0.238 e. The number of carbonyl (C=O) groups excluding carboxylic acids is 1. The number of hydrogen-bond acceptors (Lipinski definition) is 3. The lowest BCUT2D eigenvalue weighted by Gasteiger charge is -2.27. The Balaban J connectivity index is 2.13. The van der Waals surface area contributed by atoms with Crippen molar-refractivity contribution in [1.29, 1.82) is 0 Å². The van der Waals surface area contributed by atoms with Crippen molar-refractivity contribution in [2.75, 3.05) is 6.54 Å². The number of carbonyl (C=O) groups is 1. The minimum absolute atomic E-state index is 0.187. The van der Waals surface area contributed by atoms with Crippen LogP contribution in [0.5, 0.6) is 0 Å². The van der Waals surface area contributed by atoms with E-state index < -0.39 is 0 Å². The lowest BCUT2D eigenvalue weighted by atomic mass is 10.1. The molecule has 1 fully saturated rings. The molecule has 0 radical (unpaired) electrons. The van der Waals surface area contributed by atoms with Crippen LogP contribution >= 0.6 is 11.3 Å². The maximum atomic E-state index is 11.8. The summed E-state index contributed by atoms with van der Waals surface area (Å²) in [4.78, 5) is 13.8. The fourth-order valence-corrected chi connectivity index (χ4v) is 2.92. The molecule has 1 aromatic rings. The van der Waals surface area contributed by atoms with Crippen LogP contribution in [0.1, 0.15) is 25.0 Å². The Morgan fingerprint density at radius 2 is 2.31 bits per heavy atom. The fraction of sp³-hybridized carbons (Fsp3) is 0.583. The van der Waals surface area contributed by atoms with Crippen LogP contribution in [0.4, 0.5) is 0 Å². The van der Waals surface area contributed by atoms with E-state index in [1.54, 1.807) is 11.3 Å². The lowest BCUT2D eigenvalue weighted by molar-refractivity contribution is -0.129. The smallest absolute Gasteiger partial charge is 0.238 e. The van der Waals surface area contributed by atoms with Gasteiger partial charge in [-0.05, 0) is 34.7 Å². The minimum Gasteiger partial charge on any atom is -0.321 e. The van der Waals surface area contributed by atoms with Crippen molar-refractivity contribution in [2.45, 2.75) is 33.5 Å². The number of aryl methyl sites for hydroxylation is 1. The molecular formula is C12H18N2OS. The Kier molecular flexibility index (Phi) is 3.30. The molecule has 1 atom stereocenters. The van der Waals surface area contributed by atoms with Gasteiger partial charge >= 0.3 is 0 Å². The molecule has 0 aromatic carbocycles. The van der Waals surface area contributed by atoms with E-state index in [1.165, 1.54) is 11.1 Å². The van der Waals surface area contributed by atoms with E-state index in [2.05, 4.69) is 36.8 Å². The minimum atomic E-state index is 0.187. The van der Waals surface area contributed by atoms with Gasteiger partial charge in [0.05, 0.1) is 12.7 Å². The maximum absolute atomic E-state index is 11.8. The van der Waals surface area contributed by atoms with Crippen molar-refractivity contribution in [1.82, 2.24) is 10.2 Å². The molecule has 1 aliphatic heterocycles. The van der Waals surface area contributed by atoms with Crippen LogP contribution in [0.3, 0.4) is 0 Å². The van der Waals surface area contributed by atoms with Crippen molar-refractivity contribution >= 4 is 17.2 Å². The molecule has 1 unspecified atom stereocenters. The highest BCUT2D eigenvalue weighted by molar-refractivity contribution is 7.08. The molecule has 1 aliphatic rings. The Labute approximate surface area is 100 Å². The summed E-state index contributed by atoms with van der Waals surface area (Å²) in [5.41, 5.74) is 2.56. The van der Waals surface area contributed by atoms with Crippen molar-refractivity contribution in [3.05, 3.63) is 21.9 Å². The second-order valence-electron chi connectivity index (χ2n) is 4.67. The Morgan fingerprint density at radius 3 is 2.88 bits per heavy atom. The number of nitrogens with zero attached hydrogens (tertiary/aromatic N) is 1. The summed E-state index contributed by atoms with van der Waals surface area (Å²) in [6.07, 6.45) is 0.187. The standard InChI is InChI=1S/C12H18N2OS/c1-8(2)12-13-4-11(15)14(12)5-10-7-16-6-9(10)3/h6-8,12-13H,4-5H2,1-3H3. The number of amides is 1. The first-order valence-electron chi connectivity index (χ1n) is 5.64. The van der Waals surface area contributed by atoms with Gasteiger partial charge in [-0.3, -0.25) is 10.1 Å². The molecule has 0 saturated carbocycles. The van der Waals surface area contributed by atoms with E-state index >= 15 is 0 Å². The second-order valence-corrected chi connectivity index (χ2v) is 5.42. The third kappa shape index (κ3) is 2.13. The molecule has 2 rings (SSSR count). The van der Waals surface area contributed by atoms with Gasteiger partial charge in [-0.25, -0.2) is 0 Å². The largest absolute Gasteiger partial charge is 0.321 e. The van der Waals surface area contributed by atoms with Gasteiger partial charge in [-0.2, -0.15) is 11.3 Å². The summed E-state index contributed by atoms with van der Waals surface area (Å²) < 4.78 is 0. The molecule has 16 heavy (non-hydrogen) atoms. The van der Waals surface area contributed by atoms with Gasteiger partial charge in [-0.15, -0.1) is 0 Å². The molecule has 1 aromatic heterocycles. The summed E-state index contributed by atoms with van der Waals surface area (Å²) in [7, 11) is 0. The van der Waals surface area contributed by atoms with E-state index in [9.17, 15) is 4.79 Å². The van der Waals surface area contributed by atoms with E-state index in [0.717, 1.165) is 6.54 Å². The highest BCUT2D eigenvalue weighted by Crippen LogP contribution is 2.21. The van der Waals surface area contributed by atoms with Gasteiger partial charge in [0.15, 0.2) is 0 Å². The Hall–Kier alpha value is -0.870. The van der Waals surface area contributed by atoms with Gasteiger partial charge < -0.3 is 4.90 Å². The van der Waals surface area contributed by atoms with Crippen molar-refractivity contribution < 1.29 is 4.79 Å². The fourth-order valence-electron chi connectivity index (χ4n) is 2.07.